The summed E-state index contributed by atoms with van der Waals surface area (Å²) >= 11 is 0. The Morgan fingerprint density at radius 3 is 2.60 bits per heavy atom. The maximum Gasteiger partial charge on any atom is 0.325 e. The van der Waals surface area contributed by atoms with Crippen molar-refractivity contribution in [1.29, 1.82) is 0 Å². The number of H-pyrrole nitrogens is 1. The molecule has 1 N–H and O–H groups in total. The lowest BCUT2D eigenvalue weighted by molar-refractivity contribution is -0.138. The smallest absolute Gasteiger partial charge is 0.325 e. The molecule has 2 fully saturated rings. The van der Waals surface area contributed by atoms with Crippen LogP contribution in [0.4, 0.5) is 0 Å². The van der Waals surface area contributed by atoms with E-state index in [1.54, 1.807) is 17.0 Å². The molecule has 0 bridgehead atoms. The number of imidazole rings is 1. The summed E-state index contributed by atoms with van der Waals surface area (Å²) in [7, 11) is 0. The van der Waals surface area contributed by atoms with Gasteiger partial charge in [-0.05, 0) is 12.8 Å². The molecule has 0 spiro atoms. The molecule has 2 heterocycles. The van der Waals surface area contributed by atoms with Gasteiger partial charge in [0.2, 0.25) is 5.91 Å². The number of nitrogens with one attached hydrogen (secondary N) is 1. The van der Waals surface area contributed by atoms with Gasteiger partial charge in [-0.25, -0.2) is 4.79 Å². The minimum atomic E-state index is -0.0825. The third kappa shape index (κ3) is 2.80. The number of rotatable bonds is 4. The number of aromatic amines is 1. The number of carbonyl (C=O) groups excluding carboxylic acids is 1. The first-order valence-electron chi connectivity index (χ1n) is 7.50. The quantitative estimate of drug-likeness (QED) is 0.859. The fourth-order valence-electron chi connectivity index (χ4n) is 3.30. The average molecular weight is 278 g/mol. The average Bonchev–Trinajstić information content (AvgIpc) is 3.08. The van der Waals surface area contributed by atoms with Crippen LogP contribution in [0.1, 0.15) is 25.7 Å². The van der Waals surface area contributed by atoms with Crippen LogP contribution >= 0.6 is 0 Å². The molecule has 2 aliphatic rings. The maximum atomic E-state index is 12.2. The highest BCUT2D eigenvalue weighted by Gasteiger charge is 2.30. The van der Waals surface area contributed by atoms with E-state index in [1.165, 1.54) is 25.7 Å². The zero-order chi connectivity index (χ0) is 13.9. The Kier molecular flexibility index (Phi) is 3.91. The van der Waals surface area contributed by atoms with Crippen LogP contribution in [-0.4, -0.2) is 57.5 Å². The molecule has 1 aliphatic carbocycles. The third-order valence-electron chi connectivity index (χ3n) is 4.48. The van der Waals surface area contributed by atoms with E-state index in [9.17, 15) is 9.59 Å². The molecule has 0 unspecified atom stereocenters. The molecule has 3 rings (SSSR count). The molecule has 1 saturated heterocycles. The first-order valence-corrected chi connectivity index (χ1v) is 7.50. The van der Waals surface area contributed by atoms with E-state index in [-0.39, 0.29) is 11.6 Å². The molecule has 0 aromatic carbocycles. The summed E-state index contributed by atoms with van der Waals surface area (Å²) in [6, 6.07) is 0.483. The van der Waals surface area contributed by atoms with Crippen molar-refractivity contribution in [3.05, 3.63) is 22.9 Å². The number of hydrogen-bond donors (Lipinski definition) is 1. The minimum Gasteiger partial charge on any atom is -0.337 e. The number of hydrogen-bond acceptors (Lipinski definition) is 3. The molecule has 1 aromatic heterocycles. The lowest BCUT2D eigenvalue weighted by Gasteiger charge is -2.37. The monoisotopic (exact) mass is 278 g/mol. The molecule has 6 heteroatoms. The highest BCUT2D eigenvalue weighted by Crippen LogP contribution is 2.24. The van der Waals surface area contributed by atoms with E-state index >= 15 is 0 Å². The van der Waals surface area contributed by atoms with E-state index in [1.807, 2.05) is 0 Å². The number of aromatic nitrogens is 2. The van der Waals surface area contributed by atoms with Gasteiger partial charge in [0.1, 0.15) is 0 Å². The van der Waals surface area contributed by atoms with Crippen LogP contribution in [0.15, 0.2) is 17.2 Å². The molecule has 1 aromatic rings. The van der Waals surface area contributed by atoms with Crippen LogP contribution in [-0.2, 0) is 11.3 Å². The molecule has 6 nitrogen and oxygen atoms in total. The molecule has 20 heavy (non-hydrogen) atoms. The van der Waals surface area contributed by atoms with Gasteiger partial charge in [0.25, 0.3) is 0 Å². The molecule has 0 radical (unpaired) electrons. The van der Waals surface area contributed by atoms with Gasteiger partial charge in [-0.2, -0.15) is 0 Å². The molecule has 1 amide bonds. The fourth-order valence-corrected chi connectivity index (χ4v) is 3.30. The third-order valence-corrected chi connectivity index (χ3v) is 4.48. The van der Waals surface area contributed by atoms with Crippen LogP contribution in [0.25, 0.3) is 0 Å². The predicted octanol–water partition coefficient (Wildman–Crippen LogP) is 0.263. The number of piperazine rings is 1. The number of nitrogens with zero attached hydrogens (tertiary/aromatic N) is 3. The second-order valence-electron chi connectivity index (χ2n) is 5.76. The summed E-state index contributed by atoms with van der Waals surface area (Å²) in [5.74, 6) is 0.254. The summed E-state index contributed by atoms with van der Waals surface area (Å²) in [5, 5.41) is 0. The van der Waals surface area contributed by atoms with Crippen molar-refractivity contribution >= 4 is 5.91 Å². The van der Waals surface area contributed by atoms with Gasteiger partial charge >= 0.3 is 5.69 Å². The molecule has 0 atom stereocenters. The van der Waals surface area contributed by atoms with Gasteiger partial charge < -0.3 is 9.88 Å². The van der Waals surface area contributed by atoms with Gasteiger partial charge in [-0.15, -0.1) is 0 Å². The summed E-state index contributed by atoms with van der Waals surface area (Å²) in [5.41, 5.74) is -0.0825. The molecular weight excluding hydrogens is 256 g/mol. The van der Waals surface area contributed by atoms with E-state index in [0.717, 1.165) is 19.6 Å². The van der Waals surface area contributed by atoms with Gasteiger partial charge in [-0.1, -0.05) is 12.8 Å². The summed E-state index contributed by atoms with van der Waals surface area (Å²) in [6.45, 7) is 3.64. The van der Waals surface area contributed by atoms with Crippen molar-refractivity contribution in [1.82, 2.24) is 19.4 Å². The Hall–Kier alpha value is -1.56. The van der Waals surface area contributed by atoms with Crippen LogP contribution in [0.2, 0.25) is 0 Å². The second kappa shape index (κ2) is 5.83. The molecular formula is C14H22N4O2. The Balaban J connectivity index is 1.50. The second-order valence-corrected chi connectivity index (χ2v) is 5.76. The molecule has 110 valence electrons. The van der Waals surface area contributed by atoms with Gasteiger partial charge in [0.15, 0.2) is 0 Å². The Labute approximate surface area is 118 Å². The number of carbonyl (C=O) groups is 1. The standard InChI is InChI=1S/C14H22N4O2/c19-13-11-16(7-9-17-6-5-15-14(17)20)8-10-18(13)12-3-1-2-4-12/h5-6,12H,1-4,7-11H2,(H,15,20). The Morgan fingerprint density at radius 1 is 1.15 bits per heavy atom. The van der Waals surface area contributed by atoms with Crippen molar-refractivity contribution in [3.8, 4) is 0 Å². The van der Waals surface area contributed by atoms with Crippen LogP contribution in [0.5, 0.6) is 0 Å². The van der Waals surface area contributed by atoms with E-state index in [4.69, 9.17) is 0 Å². The predicted molar refractivity (Wildman–Crippen MR) is 75.5 cm³/mol. The summed E-state index contributed by atoms with van der Waals surface area (Å²) < 4.78 is 1.65. The first-order chi connectivity index (χ1) is 9.74. The van der Waals surface area contributed by atoms with Crippen LogP contribution in [0.3, 0.4) is 0 Å². The van der Waals surface area contributed by atoms with E-state index < -0.39 is 0 Å². The van der Waals surface area contributed by atoms with Crippen molar-refractivity contribution in [2.45, 2.75) is 38.3 Å². The van der Waals surface area contributed by atoms with Crippen molar-refractivity contribution in [3.63, 3.8) is 0 Å². The Bertz CT molecular complexity index is 515. The van der Waals surface area contributed by atoms with Gasteiger partial charge in [0.05, 0.1) is 6.54 Å². The lowest BCUT2D eigenvalue weighted by atomic mass is 10.1. The normalized spacial score (nSPS) is 21.8. The summed E-state index contributed by atoms with van der Waals surface area (Å²) in [6.07, 6.45) is 8.25. The number of amides is 1. The fraction of sp³-hybridized carbons (Fsp3) is 0.714. The maximum absolute atomic E-state index is 12.2. The molecule has 1 saturated carbocycles. The largest absolute Gasteiger partial charge is 0.337 e. The van der Waals surface area contributed by atoms with Crippen LogP contribution in [0, 0.1) is 0 Å². The zero-order valence-corrected chi connectivity index (χ0v) is 11.8. The zero-order valence-electron chi connectivity index (χ0n) is 11.8. The SMILES string of the molecule is O=C1CN(CCn2cc[nH]c2=O)CCN1C1CCCC1. The molecule has 1 aliphatic heterocycles. The van der Waals surface area contributed by atoms with Crippen LogP contribution < -0.4 is 5.69 Å². The van der Waals surface area contributed by atoms with E-state index in [2.05, 4.69) is 14.8 Å². The highest BCUT2D eigenvalue weighted by molar-refractivity contribution is 5.79. The highest BCUT2D eigenvalue weighted by atomic mass is 16.2. The first kappa shape index (κ1) is 13.4. The topological polar surface area (TPSA) is 61.3 Å². The van der Waals surface area contributed by atoms with E-state index in [0.29, 0.717) is 19.1 Å². The van der Waals surface area contributed by atoms with Crippen molar-refractivity contribution in [2.75, 3.05) is 26.2 Å². The van der Waals surface area contributed by atoms with Gasteiger partial charge in [0, 0.05) is 44.6 Å². The lowest BCUT2D eigenvalue weighted by Crippen LogP contribution is -2.54. The van der Waals surface area contributed by atoms with Crippen molar-refractivity contribution < 1.29 is 4.79 Å². The minimum absolute atomic E-state index is 0.0825. The van der Waals surface area contributed by atoms with Gasteiger partial charge in [-0.3, -0.25) is 14.3 Å². The van der Waals surface area contributed by atoms with Crippen molar-refractivity contribution in [2.24, 2.45) is 0 Å². The Morgan fingerprint density at radius 2 is 1.95 bits per heavy atom. The summed E-state index contributed by atoms with van der Waals surface area (Å²) in [4.78, 5) is 30.5.